The number of aryl methyl sites for hydroxylation is 2. The summed E-state index contributed by atoms with van der Waals surface area (Å²) >= 11 is 1.40. The van der Waals surface area contributed by atoms with E-state index in [1.807, 2.05) is 13.8 Å². The van der Waals surface area contributed by atoms with Gasteiger partial charge in [-0.1, -0.05) is 6.07 Å². The van der Waals surface area contributed by atoms with Crippen LogP contribution in [-0.4, -0.2) is 29.7 Å². The lowest BCUT2D eigenvalue weighted by atomic mass is 10.2. The van der Waals surface area contributed by atoms with Gasteiger partial charge in [0.1, 0.15) is 4.83 Å². The number of halogens is 2. The molecule has 3 aromatic rings. The molecule has 31 heavy (non-hydrogen) atoms. The van der Waals surface area contributed by atoms with Gasteiger partial charge in [-0.3, -0.25) is 4.79 Å². The van der Waals surface area contributed by atoms with E-state index in [1.54, 1.807) is 6.92 Å². The van der Waals surface area contributed by atoms with Crippen LogP contribution in [0.15, 0.2) is 29.1 Å². The highest BCUT2D eigenvalue weighted by Gasteiger charge is 2.17. The van der Waals surface area contributed by atoms with Crippen LogP contribution >= 0.6 is 11.3 Å². The maximum atomic E-state index is 12.4. The first-order valence-corrected chi connectivity index (χ1v) is 10.0. The molecule has 0 spiro atoms. The molecule has 0 amide bonds. The van der Waals surface area contributed by atoms with E-state index in [4.69, 9.17) is 9.47 Å². The van der Waals surface area contributed by atoms with Gasteiger partial charge in [0.2, 0.25) is 0 Å². The van der Waals surface area contributed by atoms with Gasteiger partial charge in [0.25, 0.3) is 5.56 Å². The Balaban J connectivity index is 1.72. The van der Waals surface area contributed by atoms with Crippen LogP contribution in [0, 0.1) is 13.8 Å². The summed E-state index contributed by atoms with van der Waals surface area (Å²) in [6, 6.07) is 4.24. The smallest absolute Gasteiger partial charge is 0.387 e. The largest absolute Gasteiger partial charge is 0.493 e. The van der Waals surface area contributed by atoms with Crippen molar-refractivity contribution in [2.45, 2.75) is 33.5 Å². The Hall–Kier alpha value is -3.27. The SMILES string of the molecule is COc1cc(/C=C/C(=O)OC(C)c2nc3sc(C)c(C)c3c(=O)[nH]2)ccc1OC(F)F. The number of nitrogens with zero attached hydrogens (tertiary/aromatic N) is 1. The fourth-order valence-electron chi connectivity index (χ4n) is 2.88. The standard InChI is InChI=1S/C21H20F2N2O5S/c1-10-12(3)31-20-17(10)19(27)24-18(25-20)11(2)29-16(26)8-6-13-5-7-14(30-21(22)23)15(9-13)28-4/h5-9,11,21H,1-4H3,(H,24,25,27)/b8-6+. The number of rotatable bonds is 7. The molecular weight excluding hydrogens is 430 g/mol. The average Bonchev–Trinajstić information content (AvgIpc) is 3.00. The zero-order valence-electron chi connectivity index (χ0n) is 17.2. The molecule has 1 unspecified atom stereocenters. The molecular formula is C21H20F2N2O5S. The molecule has 0 aliphatic heterocycles. The van der Waals surface area contributed by atoms with Crippen LogP contribution in [0.4, 0.5) is 8.78 Å². The van der Waals surface area contributed by atoms with Gasteiger partial charge in [-0.05, 0) is 50.1 Å². The number of hydrogen-bond donors (Lipinski definition) is 1. The van der Waals surface area contributed by atoms with Gasteiger partial charge in [-0.2, -0.15) is 8.78 Å². The minimum absolute atomic E-state index is 0.0980. The van der Waals surface area contributed by atoms with E-state index >= 15 is 0 Å². The molecule has 1 N–H and O–H groups in total. The van der Waals surface area contributed by atoms with Crippen molar-refractivity contribution in [2.75, 3.05) is 7.11 Å². The molecule has 0 bridgehead atoms. The number of nitrogens with one attached hydrogen (secondary N) is 1. The van der Waals surface area contributed by atoms with Crippen molar-refractivity contribution in [3.63, 3.8) is 0 Å². The topological polar surface area (TPSA) is 90.5 Å². The quantitative estimate of drug-likeness (QED) is 0.420. The Bertz CT molecular complexity index is 1200. The Labute approximate surface area is 180 Å². The lowest BCUT2D eigenvalue weighted by Gasteiger charge is -2.11. The molecule has 2 heterocycles. The molecule has 7 nitrogen and oxygen atoms in total. The van der Waals surface area contributed by atoms with Crippen LogP contribution in [0.1, 0.15) is 34.9 Å². The minimum atomic E-state index is -2.98. The third kappa shape index (κ3) is 5.08. The number of aromatic nitrogens is 2. The van der Waals surface area contributed by atoms with Crippen molar-refractivity contribution in [3.8, 4) is 11.5 Å². The fourth-order valence-corrected chi connectivity index (χ4v) is 3.92. The van der Waals surface area contributed by atoms with Crippen LogP contribution < -0.4 is 15.0 Å². The third-order valence-electron chi connectivity index (χ3n) is 4.55. The molecule has 0 aliphatic carbocycles. The molecule has 0 radical (unpaired) electrons. The summed E-state index contributed by atoms with van der Waals surface area (Å²) in [6.07, 6.45) is 1.83. The van der Waals surface area contributed by atoms with Crippen LogP contribution in [0.25, 0.3) is 16.3 Å². The number of alkyl halides is 2. The van der Waals surface area contributed by atoms with Crippen LogP contribution in [0.5, 0.6) is 11.5 Å². The average molecular weight is 450 g/mol. The zero-order valence-corrected chi connectivity index (χ0v) is 18.0. The van der Waals surface area contributed by atoms with E-state index in [2.05, 4.69) is 14.7 Å². The summed E-state index contributed by atoms with van der Waals surface area (Å²) in [4.78, 5) is 33.2. The first kappa shape index (κ1) is 22.4. The number of benzene rings is 1. The second-order valence-corrected chi connectivity index (χ2v) is 7.82. The highest BCUT2D eigenvalue weighted by Crippen LogP contribution is 2.30. The maximum Gasteiger partial charge on any atom is 0.387 e. The molecule has 0 fully saturated rings. The lowest BCUT2D eigenvalue weighted by molar-refractivity contribution is -0.142. The van der Waals surface area contributed by atoms with Crippen LogP contribution in [0.3, 0.4) is 0 Å². The van der Waals surface area contributed by atoms with Gasteiger partial charge < -0.3 is 19.2 Å². The Morgan fingerprint density at radius 1 is 1.26 bits per heavy atom. The number of ether oxygens (including phenoxy) is 3. The van der Waals surface area contributed by atoms with Gasteiger partial charge in [0.05, 0.1) is 12.5 Å². The van der Waals surface area contributed by atoms with E-state index < -0.39 is 18.7 Å². The fraction of sp³-hybridized carbons (Fsp3) is 0.286. The van der Waals surface area contributed by atoms with E-state index in [1.165, 1.54) is 48.8 Å². The van der Waals surface area contributed by atoms with Crippen LogP contribution in [-0.2, 0) is 9.53 Å². The molecule has 10 heteroatoms. The number of fused-ring (bicyclic) bond motifs is 1. The van der Waals surface area contributed by atoms with E-state index in [-0.39, 0.29) is 22.9 Å². The lowest BCUT2D eigenvalue weighted by Crippen LogP contribution is -2.16. The molecule has 1 atom stereocenters. The molecule has 0 aliphatic rings. The Kier molecular flexibility index (Phi) is 6.69. The molecule has 164 valence electrons. The van der Waals surface area contributed by atoms with Crippen molar-refractivity contribution >= 4 is 33.6 Å². The Morgan fingerprint density at radius 2 is 2.00 bits per heavy atom. The summed E-state index contributed by atoms with van der Waals surface area (Å²) < 4.78 is 39.5. The monoisotopic (exact) mass is 450 g/mol. The van der Waals surface area contributed by atoms with E-state index in [0.29, 0.717) is 15.8 Å². The normalized spacial score (nSPS) is 12.5. The molecule has 0 saturated carbocycles. The van der Waals surface area contributed by atoms with Crippen LogP contribution in [0.2, 0.25) is 0 Å². The maximum absolute atomic E-state index is 12.4. The molecule has 2 aromatic heterocycles. The van der Waals surface area contributed by atoms with Crippen molar-refractivity contribution in [2.24, 2.45) is 0 Å². The predicted octanol–water partition coefficient (Wildman–Crippen LogP) is 4.53. The molecule has 3 rings (SSSR count). The summed E-state index contributed by atoms with van der Waals surface area (Å²) in [5.74, 6) is -0.438. The molecule has 0 saturated heterocycles. The Morgan fingerprint density at radius 3 is 2.68 bits per heavy atom. The summed E-state index contributed by atoms with van der Waals surface area (Å²) in [7, 11) is 1.32. The van der Waals surface area contributed by atoms with Gasteiger partial charge in [-0.15, -0.1) is 11.3 Å². The van der Waals surface area contributed by atoms with E-state index in [9.17, 15) is 18.4 Å². The number of aromatic amines is 1. The van der Waals surface area contributed by atoms with Gasteiger partial charge >= 0.3 is 12.6 Å². The summed E-state index contributed by atoms with van der Waals surface area (Å²) in [5.41, 5.74) is 1.12. The van der Waals surface area contributed by atoms with Crippen molar-refractivity contribution in [1.29, 1.82) is 0 Å². The summed E-state index contributed by atoms with van der Waals surface area (Å²) in [5, 5.41) is 0.540. The van der Waals surface area contributed by atoms with E-state index in [0.717, 1.165) is 10.4 Å². The molecule has 1 aromatic carbocycles. The van der Waals surface area contributed by atoms with Gasteiger partial charge in [0.15, 0.2) is 23.4 Å². The number of H-pyrrole nitrogens is 1. The summed E-state index contributed by atoms with van der Waals surface area (Å²) in [6.45, 7) is 2.40. The number of esters is 1. The van der Waals surface area contributed by atoms with Crippen molar-refractivity contribution in [3.05, 3.63) is 56.5 Å². The number of carbonyl (C=O) groups is 1. The second kappa shape index (κ2) is 9.25. The number of methoxy groups -OCH3 is 1. The van der Waals surface area contributed by atoms with Crippen molar-refractivity contribution < 1.29 is 27.8 Å². The van der Waals surface area contributed by atoms with Gasteiger partial charge in [0, 0.05) is 11.0 Å². The highest BCUT2D eigenvalue weighted by atomic mass is 32.1. The van der Waals surface area contributed by atoms with Crippen molar-refractivity contribution in [1.82, 2.24) is 9.97 Å². The first-order valence-electron chi connectivity index (χ1n) is 9.21. The number of carbonyl (C=O) groups excluding carboxylic acids is 1. The zero-order chi connectivity index (χ0) is 22.7. The second-order valence-electron chi connectivity index (χ2n) is 6.62. The first-order chi connectivity index (χ1) is 14.7. The predicted molar refractivity (Wildman–Crippen MR) is 113 cm³/mol. The third-order valence-corrected chi connectivity index (χ3v) is 5.65. The van der Waals surface area contributed by atoms with Gasteiger partial charge in [-0.25, -0.2) is 9.78 Å². The number of hydrogen-bond acceptors (Lipinski definition) is 7. The highest BCUT2D eigenvalue weighted by molar-refractivity contribution is 7.18. The minimum Gasteiger partial charge on any atom is -0.493 e. The number of thiophene rings is 1.